The summed E-state index contributed by atoms with van der Waals surface area (Å²) >= 11 is 0. The summed E-state index contributed by atoms with van der Waals surface area (Å²) in [6.45, 7) is 0. The van der Waals surface area contributed by atoms with Gasteiger partial charge in [0.05, 0.1) is 18.4 Å². The molecule has 0 bridgehead atoms. The van der Waals surface area contributed by atoms with Crippen LogP contribution in [0.5, 0.6) is 0 Å². The first-order valence-corrected chi connectivity index (χ1v) is 8.11. The van der Waals surface area contributed by atoms with E-state index in [1.807, 2.05) is 0 Å². The highest BCUT2D eigenvalue weighted by Gasteiger charge is 2.15. The molecule has 0 spiro atoms. The number of para-hydroxylation sites is 1. The first kappa shape index (κ1) is 17.3. The molecule has 10 heteroatoms. The van der Waals surface area contributed by atoms with Crippen molar-refractivity contribution in [1.82, 2.24) is 20.3 Å². The average Bonchev–Trinajstić information content (AvgIpc) is 3.17. The minimum atomic E-state index is -0.448. The van der Waals surface area contributed by atoms with Crippen molar-refractivity contribution >= 4 is 40.3 Å². The summed E-state index contributed by atoms with van der Waals surface area (Å²) in [4.78, 5) is 20.1. The van der Waals surface area contributed by atoms with Gasteiger partial charge in [0.2, 0.25) is 11.3 Å². The number of benzene rings is 2. The van der Waals surface area contributed by atoms with Crippen molar-refractivity contribution in [1.29, 1.82) is 0 Å². The molecule has 0 aliphatic heterocycles. The van der Waals surface area contributed by atoms with Crippen LogP contribution < -0.4 is 10.6 Å². The number of aromatic nitrogens is 4. The quantitative estimate of drug-likeness (QED) is 0.502. The molecule has 2 heterocycles. The Morgan fingerprint density at radius 3 is 2.25 bits per heavy atom. The van der Waals surface area contributed by atoms with Gasteiger partial charge in [0, 0.05) is 5.69 Å². The van der Waals surface area contributed by atoms with Crippen LogP contribution in [0.4, 0.5) is 27.4 Å². The molecule has 0 amide bonds. The molecule has 140 valence electrons. The largest absolute Gasteiger partial charge is 0.465 e. The molecule has 0 atom stereocenters. The first-order valence-electron chi connectivity index (χ1n) is 8.11. The number of rotatable bonds is 5. The van der Waals surface area contributed by atoms with Gasteiger partial charge in [-0.05, 0) is 46.7 Å². The van der Waals surface area contributed by atoms with E-state index in [2.05, 4.69) is 40.3 Å². The zero-order chi connectivity index (χ0) is 19.5. The molecule has 0 unspecified atom stereocenters. The van der Waals surface area contributed by atoms with Crippen LogP contribution in [-0.4, -0.2) is 33.4 Å². The normalized spacial score (nSPS) is 10.6. The van der Waals surface area contributed by atoms with E-state index in [0.717, 1.165) is 0 Å². The predicted octanol–water partition coefficient (Wildman–Crippen LogP) is 3.43. The molecule has 2 aromatic carbocycles. The van der Waals surface area contributed by atoms with E-state index in [4.69, 9.17) is 0 Å². The lowest BCUT2D eigenvalue weighted by Crippen LogP contribution is -2.05. The number of halogens is 1. The number of hydrogen-bond donors (Lipinski definition) is 2. The second kappa shape index (κ2) is 7.27. The Morgan fingerprint density at radius 2 is 1.61 bits per heavy atom. The van der Waals surface area contributed by atoms with Crippen molar-refractivity contribution in [2.75, 3.05) is 17.7 Å². The second-order valence-corrected chi connectivity index (χ2v) is 5.63. The molecule has 28 heavy (non-hydrogen) atoms. The SMILES string of the molecule is COC(=O)c1ccc(Nc2nc3nonc3nc2Nc2ccccc2F)cc1. The summed E-state index contributed by atoms with van der Waals surface area (Å²) in [6, 6.07) is 12.7. The Kier molecular flexibility index (Phi) is 4.50. The molecule has 0 saturated carbocycles. The smallest absolute Gasteiger partial charge is 0.337 e. The lowest BCUT2D eigenvalue weighted by Gasteiger charge is -2.12. The molecule has 4 aromatic rings. The van der Waals surface area contributed by atoms with E-state index < -0.39 is 11.8 Å². The van der Waals surface area contributed by atoms with Crippen molar-refractivity contribution in [3.05, 3.63) is 59.9 Å². The van der Waals surface area contributed by atoms with Crippen molar-refractivity contribution < 1.29 is 18.6 Å². The van der Waals surface area contributed by atoms with E-state index in [9.17, 15) is 9.18 Å². The van der Waals surface area contributed by atoms with Gasteiger partial charge in [-0.2, -0.15) is 0 Å². The lowest BCUT2D eigenvalue weighted by atomic mass is 10.2. The number of carbonyl (C=O) groups is 1. The number of nitrogens with zero attached hydrogens (tertiary/aromatic N) is 4. The van der Waals surface area contributed by atoms with Crippen LogP contribution in [0, 0.1) is 5.82 Å². The van der Waals surface area contributed by atoms with Crippen LogP contribution in [0.15, 0.2) is 53.2 Å². The van der Waals surface area contributed by atoms with Crippen LogP contribution in [-0.2, 0) is 4.74 Å². The van der Waals surface area contributed by atoms with Gasteiger partial charge >= 0.3 is 5.97 Å². The maximum absolute atomic E-state index is 14.0. The van der Waals surface area contributed by atoms with E-state index in [1.54, 1.807) is 42.5 Å². The standard InChI is InChI=1S/C18H13FN6O3/c1-27-18(26)10-6-8-11(9-7-10)20-14-15(21-13-5-3-2-4-12(13)19)23-17-16(22-14)24-28-25-17/h2-9H,1H3,(H,20,22,24)(H,21,23,25). The molecule has 0 aliphatic rings. The van der Waals surface area contributed by atoms with Gasteiger partial charge in [0.25, 0.3) is 0 Å². The number of hydrogen-bond acceptors (Lipinski definition) is 9. The molecule has 0 radical (unpaired) electrons. The fourth-order valence-electron chi connectivity index (χ4n) is 2.45. The Morgan fingerprint density at radius 1 is 0.964 bits per heavy atom. The number of methoxy groups -OCH3 is 1. The Hall–Kier alpha value is -4.08. The van der Waals surface area contributed by atoms with Crippen molar-refractivity contribution in [3.63, 3.8) is 0 Å². The fraction of sp³-hybridized carbons (Fsp3) is 0.0556. The van der Waals surface area contributed by atoms with E-state index in [0.29, 0.717) is 11.3 Å². The number of esters is 1. The zero-order valence-electron chi connectivity index (χ0n) is 14.5. The highest BCUT2D eigenvalue weighted by Crippen LogP contribution is 2.27. The monoisotopic (exact) mass is 380 g/mol. The van der Waals surface area contributed by atoms with Crippen LogP contribution in [0.3, 0.4) is 0 Å². The topological polar surface area (TPSA) is 115 Å². The molecule has 0 aliphatic carbocycles. The third kappa shape index (κ3) is 3.43. The summed E-state index contributed by atoms with van der Waals surface area (Å²) in [5, 5.41) is 13.3. The zero-order valence-corrected chi connectivity index (χ0v) is 14.5. The summed E-state index contributed by atoms with van der Waals surface area (Å²) in [6.07, 6.45) is 0. The Labute approximate surface area is 157 Å². The van der Waals surface area contributed by atoms with Gasteiger partial charge in [-0.3, -0.25) is 0 Å². The molecule has 2 aromatic heterocycles. The molecule has 0 saturated heterocycles. The maximum Gasteiger partial charge on any atom is 0.337 e. The Balaban J connectivity index is 1.69. The van der Waals surface area contributed by atoms with Crippen molar-refractivity contribution in [3.8, 4) is 0 Å². The first-order chi connectivity index (χ1) is 13.6. The lowest BCUT2D eigenvalue weighted by molar-refractivity contribution is 0.0601. The van der Waals surface area contributed by atoms with Gasteiger partial charge in [0.1, 0.15) is 5.82 Å². The van der Waals surface area contributed by atoms with E-state index >= 15 is 0 Å². The highest BCUT2D eigenvalue weighted by molar-refractivity contribution is 5.90. The molecular formula is C18H13FN6O3. The summed E-state index contributed by atoms with van der Waals surface area (Å²) in [5.41, 5.74) is 1.60. The number of ether oxygens (including phenoxy) is 1. The summed E-state index contributed by atoms with van der Waals surface area (Å²) in [5.74, 6) is -0.387. The van der Waals surface area contributed by atoms with Crippen molar-refractivity contribution in [2.45, 2.75) is 0 Å². The molecular weight excluding hydrogens is 367 g/mol. The van der Waals surface area contributed by atoms with Gasteiger partial charge in [0.15, 0.2) is 11.6 Å². The minimum absolute atomic E-state index is 0.172. The third-order valence-electron chi connectivity index (χ3n) is 3.81. The number of anilines is 4. The maximum atomic E-state index is 14.0. The van der Waals surface area contributed by atoms with Crippen LogP contribution in [0.1, 0.15) is 10.4 Å². The van der Waals surface area contributed by atoms with Crippen LogP contribution in [0.25, 0.3) is 11.3 Å². The fourth-order valence-corrected chi connectivity index (χ4v) is 2.45. The predicted molar refractivity (Wildman–Crippen MR) is 98.1 cm³/mol. The van der Waals surface area contributed by atoms with Crippen LogP contribution in [0.2, 0.25) is 0 Å². The van der Waals surface area contributed by atoms with E-state index in [-0.39, 0.29) is 28.6 Å². The number of nitrogens with one attached hydrogen (secondary N) is 2. The highest BCUT2D eigenvalue weighted by atomic mass is 19.1. The number of carbonyl (C=O) groups excluding carboxylic acids is 1. The molecule has 0 fully saturated rings. The summed E-state index contributed by atoms with van der Waals surface area (Å²) in [7, 11) is 1.31. The van der Waals surface area contributed by atoms with Crippen molar-refractivity contribution in [2.24, 2.45) is 0 Å². The third-order valence-corrected chi connectivity index (χ3v) is 3.81. The molecule has 4 rings (SSSR count). The van der Waals surface area contributed by atoms with Gasteiger partial charge < -0.3 is 15.4 Å². The number of fused-ring (bicyclic) bond motifs is 1. The molecule has 2 N–H and O–H groups in total. The Bertz CT molecular complexity index is 1150. The van der Waals surface area contributed by atoms with E-state index in [1.165, 1.54) is 13.2 Å². The van der Waals surface area contributed by atoms with Gasteiger partial charge in [-0.25, -0.2) is 23.8 Å². The average molecular weight is 380 g/mol. The minimum Gasteiger partial charge on any atom is -0.465 e. The van der Waals surface area contributed by atoms with Gasteiger partial charge in [-0.1, -0.05) is 12.1 Å². The van der Waals surface area contributed by atoms with Gasteiger partial charge in [-0.15, -0.1) is 0 Å². The molecule has 9 nitrogen and oxygen atoms in total. The second-order valence-electron chi connectivity index (χ2n) is 5.63. The van der Waals surface area contributed by atoms with Crippen LogP contribution >= 0.6 is 0 Å². The summed E-state index contributed by atoms with van der Waals surface area (Å²) < 4.78 is 23.3.